The van der Waals surface area contributed by atoms with Crippen LogP contribution in [0.2, 0.25) is 5.02 Å². The number of benzene rings is 1. The molecule has 1 N–H and O–H groups in total. The minimum absolute atomic E-state index is 0.250. The van der Waals surface area contributed by atoms with Gasteiger partial charge in [0.2, 0.25) is 0 Å². The lowest BCUT2D eigenvalue weighted by atomic mass is 10.4. The zero-order valence-corrected chi connectivity index (χ0v) is 7.95. The van der Waals surface area contributed by atoms with Crippen molar-refractivity contribution in [3.8, 4) is 0 Å². The van der Waals surface area contributed by atoms with E-state index in [2.05, 4.69) is 0 Å². The van der Waals surface area contributed by atoms with E-state index in [0.29, 0.717) is 0 Å². The zero-order valence-electron chi connectivity index (χ0n) is 7.20. The molecule has 0 radical (unpaired) electrons. The predicted octanol–water partition coefficient (Wildman–Crippen LogP) is 3.07. The summed E-state index contributed by atoms with van der Waals surface area (Å²) in [5.41, 5.74) is 0. The van der Waals surface area contributed by atoms with Crippen molar-refractivity contribution in [1.82, 2.24) is 0 Å². The van der Waals surface area contributed by atoms with E-state index in [1.807, 2.05) is 44.2 Å². The van der Waals surface area contributed by atoms with E-state index in [1.165, 1.54) is 0 Å². The van der Waals surface area contributed by atoms with Crippen LogP contribution in [0.1, 0.15) is 13.8 Å². The molecule has 0 aliphatic carbocycles. The Hall–Kier alpha value is -1.02. The quantitative estimate of drug-likeness (QED) is 0.636. The molecule has 68 valence electrons. The molecule has 0 fully saturated rings. The average Bonchev–Trinajstić information content (AvgIpc) is 2.11. The van der Waals surface area contributed by atoms with Gasteiger partial charge in [0.15, 0.2) is 0 Å². The molecular formula is C9H13ClO2. The highest BCUT2D eigenvalue weighted by atomic mass is 35.5. The van der Waals surface area contributed by atoms with Crippen molar-refractivity contribution in [1.29, 1.82) is 0 Å². The highest BCUT2D eigenvalue weighted by Crippen LogP contribution is 2.03. The van der Waals surface area contributed by atoms with Crippen molar-refractivity contribution in [3.63, 3.8) is 0 Å². The van der Waals surface area contributed by atoms with Crippen LogP contribution in [0.15, 0.2) is 30.3 Å². The van der Waals surface area contributed by atoms with Crippen molar-refractivity contribution in [2.24, 2.45) is 0 Å². The third-order valence-corrected chi connectivity index (χ3v) is 0.985. The molecule has 0 aliphatic heterocycles. The first-order chi connectivity index (χ1) is 5.81. The SMILES string of the molecule is CC.Clc1ccccc1.O=CO. The van der Waals surface area contributed by atoms with E-state index in [0.717, 1.165) is 5.02 Å². The molecule has 1 aromatic rings. The first-order valence-corrected chi connectivity index (χ1v) is 3.97. The van der Waals surface area contributed by atoms with Gasteiger partial charge in [0.1, 0.15) is 0 Å². The molecule has 0 aromatic heterocycles. The van der Waals surface area contributed by atoms with Gasteiger partial charge >= 0.3 is 0 Å². The third-order valence-electron chi connectivity index (χ3n) is 0.733. The molecule has 0 saturated carbocycles. The summed E-state index contributed by atoms with van der Waals surface area (Å²) in [6.07, 6.45) is 0. The van der Waals surface area contributed by atoms with Gasteiger partial charge in [-0.1, -0.05) is 43.6 Å². The van der Waals surface area contributed by atoms with Crippen molar-refractivity contribution in [2.45, 2.75) is 13.8 Å². The molecule has 0 heterocycles. The molecule has 0 spiro atoms. The van der Waals surface area contributed by atoms with Gasteiger partial charge in [-0.15, -0.1) is 0 Å². The Bertz CT molecular complexity index is 175. The third kappa shape index (κ3) is 11.7. The van der Waals surface area contributed by atoms with Crippen molar-refractivity contribution < 1.29 is 9.90 Å². The number of carboxylic acid groups (broad SMARTS) is 1. The van der Waals surface area contributed by atoms with Crippen LogP contribution in [-0.4, -0.2) is 11.6 Å². The van der Waals surface area contributed by atoms with Gasteiger partial charge in [-0.2, -0.15) is 0 Å². The summed E-state index contributed by atoms with van der Waals surface area (Å²) < 4.78 is 0. The Kier molecular flexibility index (Phi) is 14.3. The van der Waals surface area contributed by atoms with E-state index < -0.39 is 0 Å². The van der Waals surface area contributed by atoms with E-state index in [4.69, 9.17) is 21.5 Å². The molecule has 0 amide bonds. The van der Waals surface area contributed by atoms with E-state index >= 15 is 0 Å². The second kappa shape index (κ2) is 12.6. The van der Waals surface area contributed by atoms with Gasteiger partial charge in [-0.3, -0.25) is 4.79 Å². The number of carbonyl (C=O) groups is 1. The largest absolute Gasteiger partial charge is 0.483 e. The molecule has 0 bridgehead atoms. The Morgan fingerprint density at radius 2 is 1.58 bits per heavy atom. The lowest BCUT2D eigenvalue weighted by Gasteiger charge is -1.80. The van der Waals surface area contributed by atoms with Gasteiger partial charge in [0.05, 0.1) is 0 Å². The average molecular weight is 189 g/mol. The molecule has 0 aliphatic rings. The van der Waals surface area contributed by atoms with Crippen LogP contribution in [0.3, 0.4) is 0 Å². The summed E-state index contributed by atoms with van der Waals surface area (Å²) in [6.45, 7) is 3.75. The van der Waals surface area contributed by atoms with E-state index in [1.54, 1.807) is 0 Å². The van der Waals surface area contributed by atoms with Crippen LogP contribution in [0.5, 0.6) is 0 Å². The maximum absolute atomic E-state index is 8.36. The lowest BCUT2D eigenvalue weighted by Crippen LogP contribution is -1.55. The van der Waals surface area contributed by atoms with Gasteiger partial charge in [0, 0.05) is 5.02 Å². The second-order valence-corrected chi connectivity index (χ2v) is 1.84. The van der Waals surface area contributed by atoms with Crippen LogP contribution < -0.4 is 0 Å². The minimum atomic E-state index is -0.250. The Balaban J connectivity index is 0. The van der Waals surface area contributed by atoms with Gasteiger partial charge in [-0.05, 0) is 12.1 Å². The molecule has 0 unspecified atom stereocenters. The van der Waals surface area contributed by atoms with Gasteiger partial charge in [0.25, 0.3) is 6.47 Å². The smallest absolute Gasteiger partial charge is 0.290 e. The highest BCUT2D eigenvalue weighted by Gasteiger charge is 1.74. The zero-order chi connectivity index (χ0) is 9.82. The molecule has 0 saturated heterocycles. The fraction of sp³-hybridized carbons (Fsp3) is 0.222. The van der Waals surface area contributed by atoms with E-state index in [9.17, 15) is 0 Å². The van der Waals surface area contributed by atoms with Crippen molar-refractivity contribution in [3.05, 3.63) is 35.4 Å². The van der Waals surface area contributed by atoms with Crippen LogP contribution in [0, 0.1) is 0 Å². The lowest BCUT2D eigenvalue weighted by molar-refractivity contribution is -0.122. The molecule has 12 heavy (non-hydrogen) atoms. The Morgan fingerprint density at radius 1 is 1.25 bits per heavy atom. The Labute approximate surface area is 77.8 Å². The second-order valence-electron chi connectivity index (χ2n) is 1.40. The maximum atomic E-state index is 8.36. The number of rotatable bonds is 0. The summed E-state index contributed by atoms with van der Waals surface area (Å²) in [4.78, 5) is 8.36. The van der Waals surface area contributed by atoms with Crippen LogP contribution in [0.25, 0.3) is 0 Å². The number of halogens is 1. The molecule has 1 rings (SSSR count). The predicted molar refractivity (Wildman–Crippen MR) is 51.5 cm³/mol. The molecule has 0 atom stereocenters. The Morgan fingerprint density at radius 3 is 1.75 bits per heavy atom. The summed E-state index contributed by atoms with van der Waals surface area (Å²) in [6, 6.07) is 9.44. The number of hydrogen-bond donors (Lipinski definition) is 1. The number of hydrogen-bond acceptors (Lipinski definition) is 1. The summed E-state index contributed by atoms with van der Waals surface area (Å²) in [5, 5.41) is 7.68. The van der Waals surface area contributed by atoms with Crippen LogP contribution in [0.4, 0.5) is 0 Å². The fourth-order valence-corrected chi connectivity index (χ4v) is 0.560. The van der Waals surface area contributed by atoms with Crippen LogP contribution in [-0.2, 0) is 4.79 Å². The highest BCUT2D eigenvalue weighted by molar-refractivity contribution is 6.30. The summed E-state index contributed by atoms with van der Waals surface area (Å²) >= 11 is 5.54. The monoisotopic (exact) mass is 188 g/mol. The molecular weight excluding hydrogens is 176 g/mol. The summed E-state index contributed by atoms with van der Waals surface area (Å²) in [7, 11) is 0. The molecule has 1 aromatic carbocycles. The molecule has 3 heteroatoms. The van der Waals surface area contributed by atoms with Crippen LogP contribution >= 0.6 is 11.6 Å². The first-order valence-electron chi connectivity index (χ1n) is 3.59. The first kappa shape index (κ1) is 13.6. The standard InChI is InChI=1S/C6H5Cl.C2H6.CH2O2/c7-6-4-2-1-3-5-6;1-2;2-1-3/h1-5H;1-2H3;1H,(H,2,3). The van der Waals surface area contributed by atoms with Crippen molar-refractivity contribution in [2.75, 3.05) is 0 Å². The topological polar surface area (TPSA) is 37.3 Å². The summed E-state index contributed by atoms with van der Waals surface area (Å²) in [5.74, 6) is 0. The fourth-order valence-electron chi connectivity index (χ4n) is 0.415. The molecule has 2 nitrogen and oxygen atoms in total. The maximum Gasteiger partial charge on any atom is 0.290 e. The van der Waals surface area contributed by atoms with Gasteiger partial charge in [-0.25, -0.2) is 0 Å². The van der Waals surface area contributed by atoms with Crippen molar-refractivity contribution >= 4 is 18.1 Å². The van der Waals surface area contributed by atoms with Gasteiger partial charge < -0.3 is 5.11 Å². The van der Waals surface area contributed by atoms with E-state index in [-0.39, 0.29) is 6.47 Å². The minimum Gasteiger partial charge on any atom is -0.483 e. The normalized spacial score (nSPS) is 6.58.